The molecule has 0 unspecified atom stereocenters. The first kappa shape index (κ1) is 18.6. The van der Waals surface area contributed by atoms with E-state index < -0.39 is 23.4 Å². The number of fused-ring (bicyclic) bond motifs is 5. The average molecular weight is 363 g/mol. The van der Waals surface area contributed by atoms with Gasteiger partial charge >= 0.3 is 0 Å². The lowest BCUT2D eigenvalue weighted by atomic mass is 9.42. The highest BCUT2D eigenvalue weighted by Gasteiger charge is 2.68. The third-order valence-corrected chi connectivity index (χ3v) is 9.48. The summed E-state index contributed by atoms with van der Waals surface area (Å²) in [5, 5.41) is 20.7. The predicted octanol–water partition coefficient (Wildman–Crippen LogP) is 3.14. The molecule has 4 saturated carbocycles. The van der Waals surface area contributed by atoms with Crippen LogP contribution in [0.3, 0.4) is 0 Å². The fourth-order valence-corrected chi connectivity index (χ4v) is 8.35. The van der Waals surface area contributed by atoms with Crippen LogP contribution in [0.1, 0.15) is 72.1 Å². The quantitative estimate of drug-likeness (QED) is 0.791. The summed E-state index contributed by atoms with van der Waals surface area (Å²) in [6.07, 6.45) is 6.91. The zero-order valence-corrected chi connectivity index (χ0v) is 16.5. The molecule has 146 valence electrons. The minimum absolute atomic E-state index is 0.221. The van der Waals surface area contributed by atoms with Crippen LogP contribution in [0.4, 0.5) is 0 Å². The van der Waals surface area contributed by atoms with Crippen LogP contribution in [0.25, 0.3) is 0 Å². The molecular weight excluding hydrogens is 328 g/mol. The van der Waals surface area contributed by atoms with E-state index >= 15 is 0 Å². The fraction of sp³-hybridized carbons (Fsp3) is 0.909. The van der Waals surface area contributed by atoms with Gasteiger partial charge in [-0.3, -0.25) is 9.59 Å². The van der Waals surface area contributed by atoms with Crippen LogP contribution in [0.15, 0.2) is 0 Å². The Balaban J connectivity index is 1.70. The summed E-state index contributed by atoms with van der Waals surface area (Å²) < 4.78 is 0. The van der Waals surface area contributed by atoms with E-state index in [-0.39, 0.29) is 5.41 Å². The summed E-state index contributed by atoms with van der Waals surface area (Å²) in [5.74, 6) is 2.44. The van der Waals surface area contributed by atoms with Gasteiger partial charge in [0, 0.05) is 18.3 Å². The molecule has 0 spiro atoms. The second kappa shape index (κ2) is 5.88. The van der Waals surface area contributed by atoms with Crippen LogP contribution in [0.2, 0.25) is 0 Å². The normalized spacial score (nSPS) is 53.6. The van der Waals surface area contributed by atoms with E-state index in [4.69, 9.17) is 0 Å². The molecule has 0 aliphatic heterocycles. The molecule has 0 aromatic heterocycles. The molecule has 2 N–H and O–H groups in total. The van der Waals surface area contributed by atoms with Crippen LogP contribution >= 0.6 is 0 Å². The average Bonchev–Trinajstić information content (AvgIpc) is 2.86. The third kappa shape index (κ3) is 2.21. The van der Waals surface area contributed by atoms with E-state index in [1.54, 1.807) is 0 Å². The first-order valence-electron chi connectivity index (χ1n) is 10.6. The fourth-order valence-electron chi connectivity index (χ4n) is 8.35. The summed E-state index contributed by atoms with van der Waals surface area (Å²) in [4.78, 5) is 24.5. The second-order valence-corrected chi connectivity index (χ2v) is 10.4. The molecule has 26 heavy (non-hydrogen) atoms. The number of rotatable bonds is 2. The van der Waals surface area contributed by atoms with E-state index in [9.17, 15) is 19.8 Å². The number of Topliss-reactive ketones (excluding diaryl/α,β-unsaturated/α-hetero) is 2. The van der Waals surface area contributed by atoms with Crippen LogP contribution in [-0.2, 0) is 9.59 Å². The molecular formula is C22H34O4. The van der Waals surface area contributed by atoms with Crippen molar-refractivity contribution in [3.63, 3.8) is 0 Å². The summed E-state index contributed by atoms with van der Waals surface area (Å²) in [7, 11) is 0. The summed E-state index contributed by atoms with van der Waals surface area (Å²) in [6, 6.07) is 0. The Morgan fingerprint density at radius 2 is 1.92 bits per heavy atom. The third-order valence-electron chi connectivity index (χ3n) is 9.48. The van der Waals surface area contributed by atoms with Gasteiger partial charge in [-0.25, -0.2) is 0 Å². The number of carbonyl (C=O) groups is 2. The highest BCUT2D eigenvalue weighted by atomic mass is 16.3. The van der Waals surface area contributed by atoms with E-state index in [2.05, 4.69) is 20.8 Å². The maximum Gasteiger partial charge on any atom is 0.190 e. The SMILES string of the molecule is C[C@H]1C[C@@]2(C)[C@@H](CC[C@]2(O)C(=O)CO)[C@@H]2CC[C@@H]3CC(=O)CC[C@]3(C)[C@H]21. The van der Waals surface area contributed by atoms with Gasteiger partial charge in [-0.05, 0) is 73.5 Å². The Morgan fingerprint density at radius 1 is 1.19 bits per heavy atom. The van der Waals surface area contributed by atoms with Gasteiger partial charge in [-0.2, -0.15) is 0 Å². The Bertz CT molecular complexity index is 630. The molecule has 4 rings (SSSR count). The van der Waals surface area contributed by atoms with Gasteiger partial charge in [0.05, 0.1) is 0 Å². The molecule has 0 aromatic carbocycles. The van der Waals surface area contributed by atoms with Crippen molar-refractivity contribution >= 4 is 11.6 Å². The minimum atomic E-state index is -1.37. The molecule has 0 heterocycles. The van der Waals surface area contributed by atoms with E-state index in [1.807, 2.05) is 0 Å². The molecule has 4 heteroatoms. The number of aliphatic hydroxyl groups is 2. The number of aliphatic hydroxyl groups excluding tert-OH is 1. The van der Waals surface area contributed by atoms with Gasteiger partial charge in [0.1, 0.15) is 18.0 Å². The van der Waals surface area contributed by atoms with Crippen LogP contribution < -0.4 is 0 Å². The van der Waals surface area contributed by atoms with Crippen molar-refractivity contribution in [3.8, 4) is 0 Å². The van der Waals surface area contributed by atoms with Crippen molar-refractivity contribution in [2.24, 2.45) is 40.4 Å². The molecule has 0 aromatic rings. The Hall–Kier alpha value is -0.740. The van der Waals surface area contributed by atoms with Crippen molar-refractivity contribution in [1.82, 2.24) is 0 Å². The lowest BCUT2D eigenvalue weighted by molar-refractivity contribution is -0.183. The maximum absolute atomic E-state index is 12.5. The standard InChI is InChI=1S/C22H34O4/c1-13-11-21(3)17(7-9-22(21,26)18(25)12-23)16-5-4-14-10-15(24)6-8-20(14,2)19(13)16/h13-14,16-17,19,23,26H,4-12H2,1-3H3/t13-,14+,16-,17-,19-,20-,21-,22-/m0/s1. The van der Waals surface area contributed by atoms with Crippen molar-refractivity contribution in [2.45, 2.75) is 77.7 Å². The van der Waals surface area contributed by atoms with Crippen LogP contribution in [0.5, 0.6) is 0 Å². The number of hydrogen-bond acceptors (Lipinski definition) is 4. The zero-order chi connectivity index (χ0) is 18.9. The van der Waals surface area contributed by atoms with Crippen LogP contribution in [-0.4, -0.2) is 34.0 Å². The molecule has 0 bridgehead atoms. The Labute approximate surface area is 156 Å². The Morgan fingerprint density at radius 3 is 2.62 bits per heavy atom. The van der Waals surface area contributed by atoms with Gasteiger partial charge in [-0.1, -0.05) is 20.8 Å². The molecule has 4 nitrogen and oxygen atoms in total. The van der Waals surface area contributed by atoms with Crippen molar-refractivity contribution in [2.75, 3.05) is 6.61 Å². The van der Waals surface area contributed by atoms with Gasteiger partial charge in [0.15, 0.2) is 5.78 Å². The van der Waals surface area contributed by atoms with Gasteiger partial charge < -0.3 is 10.2 Å². The number of hydrogen-bond donors (Lipinski definition) is 2. The van der Waals surface area contributed by atoms with Gasteiger partial charge in [0.2, 0.25) is 0 Å². The molecule has 4 fully saturated rings. The second-order valence-electron chi connectivity index (χ2n) is 10.4. The largest absolute Gasteiger partial charge is 0.388 e. The lowest BCUT2D eigenvalue weighted by Gasteiger charge is -2.63. The predicted molar refractivity (Wildman–Crippen MR) is 98.3 cm³/mol. The van der Waals surface area contributed by atoms with Gasteiger partial charge in [-0.15, -0.1) is 0 Å². The maximum atomic E-state index is 12.5. The molecule has 8 atom stereocenters. The highest BCUT2D eigenvalue weighted by molar-refractivity contribution is 5.89. The molecule has 4 aliphatic carbocycles. The molecule has 0 radical (unpaired) electrons. The van der Waals surface area contributed by atoms with E-state index in [0.29, 0.717) is 41.8 Å². The van der Waals surface area contributed by atoms with Gasteiger partial charge in [0.25, 0.3) is 0 Å². The minimum Gasteiger partial charge on any atom is -0.388 e. The molecule has 4 aliphatic rings. The van der Waals surface area contributed by atoms with Crippen molar-refractivity contribution < 1.29 is 19.8 Å². The highest BCUT2D eigenvalue weighted by Crippen LogP contribution is 2.69. The first-order chi connectivity index (χ1) is 12.2. The smallest absolute Gasteiger partial charge is 0.190 e. The summed E-state index contributed by atoms with van der Waals surface area (Å²) >= 11 is 0. The Kier molecular flexibility index (Phi) is 4.21. The van der Waals surface area contributed by atoms with Crippen LogP contribution in [0, 0.1) is 40.4 Å². The number of ketones is 2. The first-order valence-corrected chi connectivity index (χ1v) is 10.6. The zero-order valence-electron chi connectivity index (χ0n) is 16.5. The monoisotopic (exact) mass is 362 g/mol. The van der Waals surface area contributed by atoms with E-state index in [1.165, 1.54) is 0 Å². The molecule has 0 saturated heterocycles. The summed E-state index contributed by atoms with van der Waals surface area (Å²) in [6.45, 7) is 6.25. The number of carbonyl (C=O) groups excluding carboxylic acids is 2. The van der Waals surface area contributed by atoms with Crippen molar-refractivity contribution in [3.05, 3.63) is 0 Å². The topological polar surface area (TPSA) is 74.6 Å². The van der Waals surface area contributed by atoms with Crippen molar-refractivity contribution in [1.29, 1.82) is 0 Å². The lowest BCUT2D eigenvalue weighted by Crippen LogP contribution is -2.61. The van der Waals surface area contributed by atoms with E-state index in [0.717, 1.165) is 44.9 Å². The molecule has 0 amide bonds. The summed E-state index contributed by atoms with van der Waals surface area (Å²) in [5.41, 5.74) is -1.58.